The summed E-state index contributed by atoms with van der Waals surface area (Å²) in [7, 11) is 0. The maximum atomic E-state index is 13.1. The summed E-state index contributed by atoms with van der Waals surface area (Å²) in [5, 5.41) is 9.40. The van der Waals surface area contributed by atoms with Crippen LogP contribution in [0.1, 0.15) is 54.3 Å². The van der Waals surface area contributed by atoms with Gasteiger partial charge in [-0.15, -0.1) is 0 Å². The Morgan fingerprint density at radius 1 is 1.19 bits per heavy atom. The molecule has 5 atom stereocenters. The zero-order chi connectivity index (χ0) is 19.3. The number of rotatable bonds is 4. The van der Waals surface area contributed by atoms with E-state index in [1.54, 1.807) is 24.3 Å². The lowest BCUT2D eigenvalue weighted by Crippen LogP contribution is -2.38. The summed E-state index contributed by atoms with van der Waals surface area (Å²) in [6.45, 7) is 5.84. The van der Waals surface area contributed by atoms with Crippen LogP contribution < -0.4 is 0 Å². The zero-order valence-corrected chi connectivity index (χ0v) is 16.0. The molecule has 1 aromatic rings. The highest BCUT2D eigenvalue weighted by atomic mass is 16.8. The number of carbonyl (C=O) groups is 2. The lowest BCUT2D eigenvalue weighted by Gasteiger charge is -2.33. The Hall–Kier alpha value is -1.82. The third-order valence-corrected chi connectivity index (χ3v) is 6.16. The Bertz CT molecular complexity index is 809. The average molecular weight is 370 g/mol. The van der Waals surface area contributed by atoms with E-state index in [1.165, 1.54) is 0 Å². The van der Waals surface area contributed by atoms with Gasteiger partial charge >= 0.3 is 0 Å². The summed E-state index contributed by atoms with van der Waals surface area (Å²) in [4.78, 5) is 25.7. The Labute approximate surface area is 159 Å². The minimum absolute atomic E-state index is 0.0228. The van der Waals surface area contributed by atoms with Gasteiger partial charge in [-0.25, -0.2) is 0 Å². The van der Waals surface area contributed by atoms with Crippen molar-refractivity contribution in [3.63, 3.8) is 0 Å². The summed E-state index contributed by atoms with van der Waals surface area (Å²) >= 11 is 0. The molecule has 1 heterocycles. The lowest BCUT2D eigenvalue weighted by molar-refractivity contribution is -0.150. The molecule has 0 bridgehead atoms. The van der Waals surface area contributed by atoms with Crippen LogP contribution in [-0.2, 0) is 9.47 Å². The predicted octanol–water partition coefficient (Wildman–Crippen LogP) is 3.17. The Morgan fingerprint density at radius 3 is 2.59 bits per heavy atom. The van der Waals surface area contributed by atoms with Gasteiger partial charge in [0.1, 0.15) is 6.10 Å². The van der Waals surface area contributed by atoms with Gasteiger partial charge < -0.3 is 14.6 Å². The fraction of sp³-hybridized carbons (Fsp3) is 0.545. The standard InChI is InChI=1S/C22H26O5/c1-12(16-11-18(24)14-6-4-5-7-15(14)19(16)25)17-10-13(8-9-23)20-21(17)27-22(2,3)26-20/h4-7,10,12,16-17,20-21,23H,8-9,11H2,1-3H3/t12-,16?,17?,20+,21-/m0/s1. The molecule has 0 radical (unpaired) electrons. The van der Waals surface area contributed by atoms with E-state index in [2.05, 4.69) is 6.08 Å². The molecular formula is C22H26O5. The average Bonchev–Trinajstić information content (AvgIpc) is 3.12. The summed E-state index contributed by atoms with van der Waals surface area (Å²) in [6, 6.07) is 7.08. The topological polar surface area (TPSA) is 72.8 Å². The van der Waals surface area contributed by atoms with Crippen molar-refractivity contribution < 1.29 is 24.2 Å². The Kier molecular flexibility index (Phi) is 4.57. The number of aliphatic hydroxyl groups is 1. The molecule has 1 aliphatic heterocycles. The third-order valence-electron chi connectivity index (χ3n) is 6.16. The first kappa shape index (κ1) is 18.5. The van der Waals surface area contributed by atoms with Crippen molar-refractivity contribution in [3.05, 3.63) is 47.0 Å². The molecule has 1 saturated heterocycles. The first-order valence-corrected chi connectivity index (χ1v) is 9.66. The third kappa shape index (κ3) is 3.08. The first-order valence-electron chi connectivity index (χ1n) is 9.66. The summed E-state index contributed by atoms with van der Waals surface area (Å²) in [6.07, 6.45) is 2.49. The number of hydrogen-bond acceptors (Lipinski definition) is 5. The van der Waals surface area contributed by atoms with E-state index in [0.717, 1.165) is 5.57 Å². The van der Waals surface area contributed by atoms with Crippen molar-refractivity contribution in [3.8, 4) is 0 Å². The molecule has 144 valence electrons. The highest BCUT2D eigenvalue weighted by Gasteiger charge is 2.52. The number of aliphatic hydroxyl groups excluding tert-OH is 1. The molecule has 3 aliphatic rings. The van der Waals surface area contributed by atoms with Crippen LogP contribution in [0.25, 0.3) is 0 Å². The second kappa shape index (κ2) is 6.66. The molecular weight excluding hydrogens is 344 g/mol. The molecule has 2 aliphatic carbocycles. The van der Waals surface area contributed by atoms with Crippen LogP contribution in [0, 0.1) is 17.8 Å². The van der Waals surface area contributed by atoms with Gasteiger partial charge in [-0.05, 0) is 31.8 Å². The van der Waals surface area contributed by atoms with Crippen LogP contribution in [0.15, 0.2) is 35.9 Å². The van der Waals surface area contributed by atoms with Crippen LogP contribution in [0.3, 0.4) is 0 Å². The van der Waals surface area contributed by atoms with E-state index in [-0.39, 0.29) is 54.6 Å². The maximum absolute atomic E-state index is 13.1. The van der Waals surface area contributed by atoms with E-state index in [1.807, 2.05) is 20.8 Å². The zero-order valence-electron chi connectivity index (χ0n) is 16.0. The fourth-order valence-electron chi connectivity index (χ4n) is 4.84. The maximum Gasteiger partial charge on any atom is 0.167 e. The highest BCUT2D eigenvalue weighted by molar-refractivity contribution is 6.14. The fourth-order valence-corrected chi connectivity index (χ4v) is 4.84. The molecule has 4 rings (SSSR count). The first-order chi connectivity index (χ1) is 12.8. The van der Waals surface area contributed by atoms with Gasteiger partial charge in [-0.1, -0.05) is 37.3 Å². The van der Waals surface area contributed by atoms with Crippen molar-refractivity contribution in [1.82, 2.24) is 0 Å². The van der Waals surface area contributed by atoms with E-state index < -0.39 is 5.79 Å². The number of hydrogen-bond donors (Lipinski definition) is 1. The molecule has 0 amide bonds. The Morgan fingerprint density at radius 2 is 1.89 bits per heavy atom. The number of ketones is 2. The second-order valence-electron chi connectivity index (χ2n) is 8.32. The van der Waals surface area contributed by atoms with Gasteiger partial charge in [-0.3, -0.25) is 9.59 Å². The lowest BCUT2D eigenvalue weighted by atomic mass is 9.71. The largest absolute Gasteiger partial charge is 0.396 e. The van der Waals surface area contributed by atoms with Crippen LogP contribution in [0.4, 0.5) is 0 Å². The molecule has 1 N–H and O–H groups in total. The normalized spacial score (nSPS) is 32.8. The quantitative estimate of drug-likeness (QED) is 0.824. The van der Waals surface area contributed by atoms with Crippen LogP contribution in [0.2, 0.25) is 0 Å². The molecule has 27 heavy (non-hydrogen) atoms. The second-order valence-corrected chi connectivity index (χ2v) is 8.32. The number of benzene rings is 1. The number of ether oxygens (including phenoxy) is 2. The SMILES string of the molecule is C[C@@H](C1CC(=O)c2ccccc2C1=O)C1C=C(CCO)[C@H]2OC(C)(C)O[C@@H]12. The predicted molar refractivity (Wildman–Crippen MR) is 99.5 cm³/mol. The van der Waals surface area contributed by atoms with Crippen molar-refractivity contribution in [1.29, 1.82) is 0 Å². The van der Waals surface area contributed by atoms with Gasteiger partial charge in [0.2, 0.25) is 0 Å². The number of Topliss-reactive ketones (excluding diaryl/α,β-unsaturated/α-hetero) is 2. The molecule has 5 nitrogen and oxygen atoms in total. The smallest absolute Gasteiger partial charge is 0.167 e. The van der Waals surface area contributed by atoms with Crippen LogP contribution >= 0.6 is 0 Å². The summed E-state index contributed by atoms with van der Waals surface area (Å²) in [5.41, 5.74) is 2.09. The monoisotopic (exact) mass is 370 g/mol. The van der Waals surface area contributed by atoms with Crippen LogP contribution in [-0.4, -0.2) is 41.3 Å². The molecule has 0 aromatic heterocycles. The van der Waals surface area contributed by atoms with Crippen molar-refractivity contribution in [2.24, 2.45) is 17.8 Å². The van der Waals surface area contributed by atoms with E-state index in [4.69, 9.17) is 9.47 Å². The number of fused-ring (bicyclic) bond motifs is 2. The van der Waals surface area contributed by atoms with Gasteiger partial charge in [0.15, 0.2) is 17.4 Å². The summed E-state index contributed by atoms with van der Waals surface area (Å²) < 4.78 is 12.2. The van der Waals surface area contributed by atoms with E-state index in [0.29, 0.717) is 17.5 Å². The van der Waals surface area contributed by atoms with E-state index in [9.17, 15) is 14.7 Å². The molecule has 0 spiro atoms. The van der Waals surface area contributed by atoms with Gasteiger partial charge in [0.05, 0.1) is 6.10 Å². The molecule has 1 aromatic carbocycles. The molecule has 5 heteroatoms. The van der Waals surface area contributed by atoms with Crippen LogP contribution in [0.5, 0.6) is 0 Å². The van der Waals surface area contributed by atoms with Crippen molar-refractivity contribution >= 4 is 11.6 Å². The van der Waals surface area contributed by atoms with Gasteiger partial charge in [0.25, 0.3) is 0 Å². The molecule has 0 saturated carbocycles. The van der Waals surface area contributed by atoms with Gasteiger partial charge in [-0.2, -0.15) is 0 Å². The van der Waals surface area contributed by atoms with E-state index >= 15 is 0 Å². The highest BCUT2D eigenvalue weighted by Crippen LogP contribution is 2.47. The number of carbonyl (C=O) groups excluding carboxylic acids is 2. The van der Waals surface area contributed by atoms with Crippen molar-refractivity contribution in [2.45, 2.75) is 51.6 Å². The molecule has 1 fully saturated rings. The minimum atomic E-state index is -0.693. The van der Waals surface area contributed by atoms with Gasteiger partial charge in [0, 0.05) is 36.0 Å². The molecule has 2 unspecified atom stereocenters. The van der Waals surface area contributed by atoms with Crippen molar-refractivity contribution in [2.75, 3.05) is 6.61 Å². The Balaban J connectivity index is 1.63. The minimum Gasteiger partial charge on any atom is -0.396 e. The summed E-state index contributed by atoms with van der Waals surface area (Å²) in [5.74, 6) is -1.07.